The molecule has 1 aliphatic heterocycles. The molecule has 2 aromatic rings. The Balaban J connectivity index is 1.67. The molecule has 3 amide bonds. The summed E-state index contributed by atoms with van der Waals surface area (Å²) < 4.78 is 0. The second-order valence-corrected chi connectivity index (χ2v) is 7.01. The minimum absolute atomic E-state index is 0.133. The molecule has 5 nitrogen and oxygen atoms in total. The first-order valence-electron chi connectivity index (χ1n) is 8.96. The summed E-state index contributed by atoms with van der Waals surface area (Å²) in [5.74, 6) is -0.133. The Kier molecular flexibility index (Phi) is 5.26. The molecule has 2 N–H and O–H groups in total. The van der Waals surface area contributed by atoms with E-state index in [2.05, 4.69) is 16.7 Å². The molecular formula is C21H25N3O2. The lowest BCUT2D eigenvalue weighted by atomic mass is 10.1. The zero-order valence-electron chi connectivity index (χ0n) is 15.5. The zero-order valence-corrected chi connectivity index (χ0v) is 15.5. The lowest BCUT2D eigenvalue weighted by molar-refractivity contribution is -0.119. The molecule has 0 aliphatic carbocycles. The van der Waals surface area contributed by atoms with E-state index in [1.54, 1.807) is 4.90 Å². The van der Waals surface area contributed by atoms with Gasteiger partial charge < -0.3 is 15.5 Å². The molecule has 0 spiro atoms. The van der Waals surface area contributed by atoms with Crippen LogP contribution in [0.3, 0.4) is 0 Å². The fraction of sp³-hybridized carbons (Fsp3) is 0.333. The molecule has 1 fully saturated rings. The maximum Gasteiger partial charge on any atom is 0.322 e. The predicted molar refractivity (Wildman–Crippen MR) is 104 cm³/mol. The summed E-state index contributed by atoms with van der Waals surface area (Å²) in [4.78, 5) is 26.9. The third-order valence-corrected chi connectivity index (χ3v) is 4.61. The van der Waals surface area contributed by atoms with Crippen molar-refractivity contribution in [2.75, 3.05) is 17.2 Å². The topological polar surface area (TPSA) is 61.4 Å². The summed E-state index contributed by atoms with van der Waals surface area (Å²) >= 11 is 0. The standard InChI is InChI=1S/C21H25N3O2/c1-14-6-8-17(9-7-14)23-21(26)24-10-4-5-19(24)20(25)22-18-12-15(2)11-16(3)13-18/h6-9,11-13,19H,4-5,10H2,1-3H3,(H,22,25)(H,23,26). The quantitative estimate of drug-likeness (QED) is 0.868. The van der Waals surface area contributed by atoms with Crippen molar-refractivity contribution in [2.24, 2.45) is 0 Å². The van der Waals surface area contributed by atoms with Crippen LogP contribution in [0.4, 0.5) is 16.2 Å². The minimum atomic E-state index is -0.443. The molecule has 0 radical (unpaired) electrons. The predicted octanol–water partition coefficient (Wildman–Crippen LogP) is 4.25. The number of nitrogens with zero attached hydrogens (tertiary/aromatic N) is 1. The van der Waals surface area contributed by atoms with Crippen LogP contribution in [0, 0.1) is 20.8 Å². The number of urea groups is 1. The van der Waals surface area contributed by atoms with Crippen molar-refractivity contribution in [1.82, 2.24) is 4.90 Å². The van der Waals surface area contributed by atoms with Gasteiger partial charge in [0.1, 0.15) is 6.04 Å². The van der Waals surface area contributed by atoms with Gasteiger partial charge in [-0.1, -0.05) is 23.8 Å². The normalized spacial score (nSPS) is 16.4. The van der Waals surface area contributed by atoms with Crippen molar-refractivity contribution in [3.63, 3.8) is 0 Å². The molecule has 0 bridgehead atoms. The second kappa shape index (κ2) is 7.60. The highest BCUT2D eigenvalue weighted by molar-refractivity contribution is 5.99. The highest BCUT2D eigenvalue weighted by Crippen LogP contribution is 2.22. The summed E-state index contributed by atoms with van der Waals surface area (Å²) in [5, 5.41) is 5.85. The second-order valence-electron chi connectivity index (χ2n) is 7.01. The number of nitrogens with one attached hydrogen (secondary N) is 2. The zero-order chi connectivity index (χ0) is 18.7. The van der Waals surface area contributed by atoms with Gasteiger partial charge in [-0.05, 0) is 69.0 Å². The third kappa shape index (κ3) is 4.23. The summed E-state index contributed by atoms with van der Waals surface area (Å²) in [5.41, 5.74) is 4.84. The first-order valence-corrected chi connectivity index (χ1v) is 8.96. The van der Waals surface area contributed by atoms with Crippen LogP contribution < -0.4 is 10.6 Å². The Morgan fingerprint density at radius 1 is 0.885 bits per heavy atom. The molecule has 26 heavy (non-hydrogen) atoms. The van der Waals surface area contributed by atoms with E-state index in [-0.39, 0.29) is 11.9 Å². The number of likely N-dealkylation sites (tertiary alicyclic amines) is 1. The van der Waals surface area contributed by atoms with Crippen molar-refractivity contribution in [3.8, 4) is 0 Å². The average molecular weight is 351 g/mol. The maximum absolute atomic E-state index is 12.7. The molecule has 1 saturated heterocycles. The van der Waals surface area contributed by atoms with Gasteiger partial charge >= 0.3 is 6.03 Å². The Hall–Kier alpha value is -2.82. The van der Waals surface area contributed by atoms with Crippen molar-refractivity contribution >= 4 is 23.3 Å². The highest BCUT2D eigenvalue weighted by atomic mass is 16.2. The summed E-state index contributed by atoms with van der Waals surface area (Å²) in [6.07, 6.45) is 1.50. The van der Waals surface area contributed by atoms with Crippen molar-refractivity contribution in [2.45, 2.75) is 39.7 Å². The average Bonchev–Trinajstić information content (AvgIpc) is 3.06. The number of anilines is 2. The van der Waals surface area contributed by atoms with Gasteiger partial charge in [-0.15, -0.1) is 0 Å². The fourth-order valence-electron chi connectivity index (χ4n) is 3.39. The van der Waals surface area contributed by atoms with Gasteiger partial charge in [-0.3, -0.25) is 4.79 Å². The van der Waals surface area contributed by atoms with Crippen LogP contribution in [0.25, 0.3) is 0 Å². The molecule has 136 valence electrons. The lowest BCUT2D eigenvalue weighted by Gasteiger charge is -2.24. The summed E-state index contributed by atoms with van der Waals surface area (Å²) in [7, 11) is 0. The van der Waals surface area contributed by atoms with E-state index in [0.717, 1.165) is 34.5 Å². The molecule has 1 atom stereocenters. The van der Waals surface area contributed by atoms with Crippen LogP contribution in [0.15, 0.2) is 42.5 Å². The number of benzene rings is 2. The summed E-state index contributed by atoms with van der Waals surface area (Å²) in [6.45, 7) is 6.58. The Morgan fingerprint density at radius 2 is 1.54 bits per heavy atom. The number of rotatable bonds is 3. The summed E-state index contributed by atoms with van der Waals surface area (Å²) in [6, 6.07) is 12.9. The highest BCUT2D eigenvalue weighted by Gasteiger charge is 2.34. The van der Waals surface area contributed by atoms with Gasteiger partial charge in [0.15, 0.2) is 0 Å². The molecule has 3 rings (SSSR count). The van der Waals surface area contributed by atoms with Gasteiger partial charge in [-0.2, -0.15) is 0 Å². The molecule has 1 unspecified atom stereocenters. The van der Waals surface area contributed by atoms with Crippen molar-refractivity contribution in [3.05, 3.63) is 59.2 Å². The van der Waals surface area contributed by atoms with Gasteiger partial charge in [0.05, 0.1) is 0 Å². The van der Waals surface area contributed by atoms with Gasteiger partial charge in [0, 0.05) is 17.9 Å². The van der Waals surface area contributed by atoms with Crippen LogP contribution in [0.2, 0.25) is 0 Å². The molecule has 1 heterocycles. The lowest BCUT2D eigenvalue weighted by Crippen LogP contribution is -2.45. The number of hydrogen-bond donors (Lipinski definition) is 2. The van der Waals surface area contributed by atoms with E-state index in [4.69, 9.17) is 0 Å². The SMILES string of the molecule is Cc1ccc(NC(=O)N2CCCC2C(=O)Nc2cc(C)cc(C)c2)cc1. The maximum atomic E-state index is 12.7. The Labute approximate surface area is 154 Å². The van der Waals surface area contributed by atoms with E-state index in [1.165, 1.54) is 0 Å². The van der Waals surface area contributed by atoms with E-state index < -0.39 is 6.04 Å². The van der Waals surface area contributed by atoms with Gasteiger partial charge in [-0.25, -0.2) is 4.79 Å². The first kappa shape index (κ1) is 18.0. The monoisotopic (exact) mass is 351 g/mol. The molecule has 2 aromatic carbocycles. The van der Waals surface area contributed by atoms with E-state index in [0.29, 0.717) is 13.0 Å². The van der Waals surface area contributed by atoms with Crippen molar-refractivity contribution < 1.29 is 9.59 Å². The van der Waals surface area contributed by atoms with Crippen LogP contribution in [0.5, 0.6) is 0 Å². The van der Waals surface area contributed by atoms with Crippen LogP contribution >= 0.6 is 0 Å². The number of aryl methyl sites for hydroxylation is 3. The van der Waals surface area contributed by atoms with E-state index in [9.17, 15) is 9.59 Å². The number of carbonyl (C=O) groups excluding carboxylic acids is 2. The smallest absolute Gasteiger partial charge is 0.322 e. The third-order valence-electron chi connectivity index (χ3n) is 4.61. The van der Waals surface area contributed by atoms with Crippen LogP contribution in [-0.4, -0.2) is 29.4 Å². The fourth-order valence-corrected chi connectivity index (χ4v) is 3.39. The van der Waals surface area contributed by atoms with E-state index >= 15 is 0 Å². The van der Waals surface area contributed by atoms with Gasteiger partial charge in [0.2, 0.25) is 5.91 Å². The first-order chi connectivity index (χ1) is 12.4. The molecule has 5 heteroatoms. The number of hydrogen-bond acceptors (Lipinski definition) is 2. The van der Waals surface area contributed by atoms with Crippen molar-refractivity contribution in [1.29, 1.82) is 0 Å². The minimum Gasteiger partial charge on any atom is -0.324 e. The molecule has 0 aromatic heterocycles. The number of carbonyl (C=O) groups is 2. The van der Waals surface area contributed by atoms with Gasteiger partial charge in [0.25, 0.3) is 0 Å². The van der Waals surface area contributed by atoms with Crippen LogP contribution in [0.1, 0.15) is 29.5 Å². The molecule has 0 saturated carbocycles. The Morgan fingerprint density at radius 3 is 2.19 bits per heavy atom. The van der Waals surface area contributed by atoms with E-state index in [1.807, 2.05) is 57.2 Å². The molecular weight excluding hydrogens is 326 g/mol. The Bertz CT molecular complexity index is 794. The number of amides is 3. The van der Waals surface area contributed by atoms with Crippen LogP contribution in [-0.2, 0) is 4.79 Å². The largest absolute Gasteiger partial charge is 0.324 e. The molecule has 1 aliphatic rings.